The summed E-state index contributed by atoms with van der Waals surface area (Å²) in [7, 11) is 0. The van der Waals surface area contributed by atoms with Crippen molar-refractivity contribution >= 4 is 23.2 Å². The van der Waals surface area contributed by atoms with Crippen molar-refractivity contribution in [2.24, 2.45) is 40.4 Å². The predicted molar refractivity (Wildman–Crippen MR) is 105 cm³/mol. The number of halogens is 2. The standard InChI is InChI=1S/C21H34Cl2O2/c1-13-6-8-20(2,14(10-13)11-24)17-7-9-21(3)16(15(17)12-25)4-5-18(21)19(22)23/h13-17,24-25H,4-12H2,1-3H3/t13-,14+,15-,16?,17?,20-,21-/m0/s1. The van der Waals surface area contributed by atoms with Gasteiger partial charge in [-0.3, -0.25) is 0 Å². The van der Waals surface area contributed by atoms with E-state index in [1.165, 1.54) is 18.4 Å². The van der Waals surface area contributed by atoms with Crippen molar-refractivity contribution in [2.75, 3.05) is 13.2 Å². The molecule has 0 aliphatic heterocycles. The zero-order valence-corrected chi connectivity index (χ0v) is 17.4. The molecule has 0 amide bonds. The molecule has 4 heteroatoms. The molecular formula is C21H34Cl2O2. The molecular weight excluding hydrogens is 355 g/mol. The van der Waals surface area contributed by atoms with Crippen LogP contribution < -0.4 is 0 Å². The van der Waals surface area contributed by atoms with Crippen molar-refractivity contribution in [1.82, 2.24) is 0 Å². The summed E-state index contributed by atoms with van der Waals surface area (Å²) in [5.41, 5.74) is 1.38. The molecule has 2 nitrogen and oxygen atoms in total. The second-order valence-corrected chi connectivity index (χ2v) is 10.5. The minimum Gasteiger partial charge on any atom is -0.396 e. The van der Waals surface area contributed by atoms with Crippen molar-refractivity contribution in [3.05, 3.63) is 10.1 Å². The highest BCUT2D eigenvalue weighted by molar-refractivity contribution is 6.56. The molecule has 0 saturated heterocycles. The SMILES string of the molecule is C[C@H]1CC[C@](C)(C2CC[C@]3(C)C(=C(Cl)Cl)CCC3[C@@H]2CO)[C@@H](CO)C1. The topological polar surface area (TPSA) is 40.5 Å². The van der Waals surface area contributed by atoms with Crippen molar-refractivity contribution in [2.45, 2.75) is 65.7 Å². The first-order valence-corrected chi connectivity index (χ1v) is 10.8. The summed E-state index contributed by atoms with van der Waals surface area (Å²) in [5.74, 6) is 2.27. The van der Waals surface area contributed by atoms with Crippen molar-refractivity contribution < 1.29 is 10.2 Å². The normalized spacial score (nSPS) is 47.6. The molecule has 3 aliphatic rings. The Bertz CT molecular complexity index is 530. The maximum absolute atomic E-state index is 10.4. The number of fused-ring (bicyclic) bond motifs is 1. The van der Waals surface area contributed by atoms with Gasteiger partial charge >= 0.3 is 0 Å². The summed E-state index contributed by atoms with van der Waals surface area (Å²) < 4.78 is 0.450. The van der Waals surface area contributed by atoms with E-state index in [0.29, 0.717) is 28.2 Å². The van der Waals surface area contributed by atoms with Gasteiger partial charge in [0.05, 0.1) is 0 Å². The molecule has 3 aliphatic carbocycles. The summed E-state index contributed by atoms with van der Waals surface area (Å²) in [5, 5.41) is 20.4. The Balaban J connectivity index is 1.91. The Morgan fingerprint density at radius 2 is 1.76 bits per heavy atom. The molecule has 0 aromatic rings. The van der Waals surface area contributed by atoms with Crippen LogP contribution in [0.1, 0.15) is 65.7 Å². The van der Waals surface area contributed by atoms with Crippen molar-refractivity contribution in [3.63, 3.8) is 0 Å². The molecule has 2 unspecified atom stereocenters. The number of allylic oxidation sites excluding steroid dienone is 1. The average Bonchev–Trinajstić information content (AvgIpc) is 2.93. The molecule has 0 aromatic carbocycles. The lowest BCUT2D eigenvalue weighted by molar-refractivity contribution is -0.0927. The van der Waals surface area contributed by atoms with Crippen LogP contribution in [0.15, 0.2) is 10.1 Å². The third-order valence-corrected chi connectivity index (χ3v) is 8.98. The van der Waals surface area contributed by atoms with Gasteiger partial charge in [-0.05, 0) is 84.5 Å². The Morgan fingerprint density at radius 3 is 2.36 bits per heavy atom. The fraction of sp³-hybridized carbons (Fsp3) is 0.905. The van der Waals surface area contributed by atoms with Gasteiger partial charge in [-0.1, -0.05) is 50.4 Å². The fourth-order valence-electron chi connectivity index (χ4n) is 6.89. The minimum atomic E-state index is 0.0375. The van der Waals surface area contributed by atoms with Gasteiger partial charge in [0.15, 0.2) is 0 Å². The molecule has 3 fully saturated rings. The number of hydrogen-bond acceptors (Lipinski definition) is 2. The number of rotatable bonds is 3. The van der Waals surface area contributed by atoms with E-state index in [1.807, 2.05) is 0 Å². The van der Waals surface area contributed by atoms with Crippen LogP contribution in [0, 0.1) is 40.4 Å². The van der Waals surface area contributed by atoms with Crippen LogP contribution in [-0.4, -0.2) is 23.4 Å². The van der Waals surface area contributed by atoms with Gasteiger partial charge in [-0.25, -0.2) is 0 Å². The summed E-state index contributed by atoms with van der Waals surface area (Å²) in [4.78, 5) is 0. The van der Waals surface area contributed by atoms with Gasteiger partial charge in [0, 0.05) is 13.2 Å². The number of hydrogen-bond donors (Lipinski definition) is 2. The second-order valence-electron chi connectivity index (χ2n) is 9.56. The van der Waals surface area contributed by atoms with E-state index in [0.717, 1.165) is 32.1 Å². The summed E-state index contributed by atoms with van der Waals surface area (Å²) in [6.45, 7) is 7.51. The average molecular weight is 389 g/mol. The van der Waals surface area contributed by atoms with Crippen molar-refractivity contribution in [1.29, 1.82) is 0 Å². The van der Waals surface area contributed by atoms with Gasteiger partial charge < -0.3 is 10.2 Å². The Kier molecular flexibility index (Phi) is 5.87. The monoisotopic (exact) mass is 388 g/mol. The maximum atomic E-state index is 10.4. The Labute approximate surface area is 163 Å². The van der Waals surface area contributed by atoms with E-state index < -0.39 is 0 Å². The van der Waals surface area contributed by atoms with E-state index in [4.69, 9.17) is 23.2 Å². The van der Waals surface area contributed by atoms with Crippen LogP contribution in [0.2, 0.25) is 0 Å². The van der Waals surface area contributed by atoms with Crippen LogP contribution in [0.25, 0.3) is 0 Å². The van der Waals surface area contributed by atoms with Crippen LogP contribution in [0.4, 0.5) is 0 Å². The molecule has 3 rings (SSSR count). The predicted octanol–water partition coefficient (Wildman–Crippen LogP) is 5.55. The second kappa shape index (κ2) is 7.34. The van der Waals surface area contributed by atoms with Gasteiger partial charge in [0.25, 0.3) is 0 Å². The lowest BCUT2D eigenvalue weighted by atomic mass is 9.49. The zero-order chi connectivity index (χ0) is 18.4. The molecule has 0 heterocycles. The van der Waals surface area contributed by atoms with E-state index in [-0.39, 0.29) is 30.0 Å². The molecule has 25 heavy (non-hydrogen) atoms. The fourth-order valence-corrected chi connectivity index (χ4v) is 7.51. The first kappa shape index (κ1) is 20.0. The van der Waals surface area contributed by atoms with E-state index >= 15 is 0 Å². The third-order valence-electron chi connectivity index (χ3n) is 8.52. The van der Waals surface area contributed by atoms with Gasteiger partial charge in [0.2, 0.25) is 0 Å². The molecule has 144 valence electrons. The highest BCUT2D eigenvalue weighted by Gasteiger charge is 2.57. The van der Waals surface area contributed by atoms with Crippen LogP contribution in [-0.2, 0) is 0 Å². The van der Waals surface area contributed by atoms with Crippen LogP contribution >= 0.6 is 23.2 Å². The van der Waals surface area contributed by atoms with Crippen LogP contribution in [0.5, 0.6) is 0 Å². The van der Waals surface area contributed by atoms with E-state index in [2.05, 4.69) is 20.8 Å². The van der Waals surface area contributed by atoms with Crippen molar-refractivity contribution in [3.8, 4) is 0 Å². The van der Waals surface area contributed by atoms with E-state index in [1.54, 1.807) is 0 Å². The zero-order valence-electron chi connectivity index (χ0n) is 15.9. The number of aliphatic hydroxyl groups is 2. The lowest BCUT2D eigenvalue weighted by Crippen LogP contribution is -2.51. The molecule has 3 saturated carbocycles. The molecule has 0 spiro atoms. The highest BCUT2D eigenvalue weighted by atomic mass is 35.5. The van der Waals surface area contributed by atoms with Gasteiger partial charge in [-0.2, -0.15) is 0 Å². The Hall–Kier alpha value is 0.240. The first-order valence-electron chi connectivity index (χ1n) is 10.0. The van der Waals surface area contributed by atoms with E-state index in [9.17, 15) is 10.2 Å². The summed E-state index contributed by atoms with van der Waals surface area (Å²) in [6.07, 6.45) is 7.76. The van der Waals surface area contributed by atoms with Gasteiger partial charge in [0.1, 0.15) is 4.49 Å². The Morgan fingerprint density at radius 1 is 1.04 bits per heavy atom. The quantitative estimate of drug-likeness (QED) is 0.665. The lowest BCUT2D eigenvalue weighted by Gasteiger charge is -2.56. The molecule has 0 radical (unpaired) electrons. The summed E-state index contributed by atoms with van der Waals surface area (Å²) in [6, 6.07) is 0. The first-order chi connectivity index (χ1) is 11.8. The van der Waals surface area contributed by atoms with Gasteiger partial charge in [-0.15, -0.1) is 0 Å². The highest BCUT2D eigenvalue weighted by Crippen LogP contribution is 2.64. The number of aliphatic hydroxyl groups excluding tert-OH is 2. The maximum Gasteiger partial charge on any atom is 0.106 e. The smallest absolute Gasteiger partial charge is 0.106 e. The molecule has 7 atom stereocenters. The molecule has 0 aromatic heterocycles. The summed E-state index contributed by atoms with van der Waals surface area (Å²) >= 11 is 12.4. The third kappa shape index (κ3) is 3.20. The molecule has 2 N–H and O–H groups in total. The largest absolute Gasteiger partial charge is 0.396 e. The molecule has 0 bridgehead atoms. The minimum absolute atomic E-state index is 0.0375. The van der Waals surface area contributed by atoms with Crippen LogP contribution in [0.3, 0.4) is 0 Å².